The highest BCUT2D eigenvalue weighted by molar-refractivity contribution is 5.71. The Labute approximate surface area is 96.0 Å². The van der Waals surface area contributed by atoms with Crippen LogP contribution in [0.25, 0.3) is 0 Å². The average molecular weight is 222 g/mol. The molecule has 0 aliphatic carbocycles. The lowest BCUT2D eigenvalue weighted by Crippen LogP contribution is -2.31. The van der Waals surface area contributed by atoms with Gasteiger partial charge in [-0.25, -0.2) is 4.79 Å². The van der Waals surface area contributed by atoms with Crippen molar-refractivity contribution in [2.24, 2.45) is 5.73 Å². The van der Waals surface area contributed by atoms with Crippen molar-refractivity contribution < 1.29 is 9.53 Å². The number of carbonyl (C=O) groups excluding carboxylic acids is 1. The molecular weight excluding hydrogens is 204 g/mol. The Morgan fingerprint density at radius 3 is 2.44 bits per heavy atom. The number of urea groups is 1. The summed E-state index contributed by atoms with van der Waals surface area (Å²) in [6, 6.07) is 3.55. The predicted molar refractivity (Wildman–Crippen MR) is 63.5 cm³/mol. The van der Waals surface area contributed by atoms with E-state index in [1.807, 2.05) is 26.0 Å². The summed E-state index contributed by atoms with van der Waals surface area (Å²) in [5, 5.41) is 0. The van der Waals surface area contributed by atoms with Crippen molar-refractivity contribution >= 4 is 6.03 Å². The van der Waals surface area contributed by atoms with Crippen LogP contribution in [0.3, 0.4) is 0 Å². The van der Waals surface area contributed by atoms with Crippen molar-refractivity contribution in [1.29, 1.82) is 0 Å². The van der Waals surface area contributed by atoms with Gasteiger partial charge in [-0.1, -0.05) is 6.07 Å². The van der Waals surface area contributed by atoms with E-state index in [-0.39, 0.29) is 0 Å². The van der Waals surface area contributed by atoms with E-state index in [4.69, 9.17) is 10.5 Å². The largest absolute Gasteiger partial charge is 0.496 e. The summed E-state index contributed by atoms with van der Waals surface area (Å²) < 4.78 is 5.28. The van der Waals surface area contributed by atoms with Gasteiger partial charge in [0.1, 0.15) is 5.75 Å². The summed E-state index contributed by atoms with van der Waals surface area (Å²) in [7, 11) is 3.29. The number of rotatable bonds is 3. The molecule has 0 aliphatic heterocycles. The van der Waals surface area contributed by atoms with Crippen molar-refractivity contribution in [3.05, 3.63) is 28.8 Å². The van der Waals surface area contributed by atoms with Crippen LogP contribution in [0.4, 0.5) is 4.79 Å². The molecule has 16 heavy (non-hydrogen) atoms. The summed E-state index contributed by atoms with van der Waals surface area (Å²) in [5.74, 6) is 0.788. The van der Waals surface area contributed by atoms with E-state index in [0.29, 0.717) is 6.54 Å². The SMILES string of the molecule is COc1cc(C)c(C)cc1CN(C)C(N)=O. The van der Waals surface area contributed by atoms with Crippen molar-refractivity contribution in [2.45, 2.75) is 20.4 Å². The molecule has 0 fully saturated rings. The first-order valence-electron chi connectivity index (χ1n) is 5.10. The lowest BCUT2D eigenvalue weighted by molar-refractivity contribution is 0.216. The predicted octanol–water partition coefficient (Wildman–Crippen LogP) is 1.82. The number of benzene rings is 1. The fourth-order valence-corrected chi connectivity index (χ4v) is 1.50. The minimum atomic E-state index is -0.444. The normalized spacial score (nSPS) is 10.0. The monoisotopic (exact) mass is 222 g/mol. The van der Waals surface area contributed by atoms with Gasteiger partial charge in [0.2, 0.25) is 0 Å². The third-order valence-corrected chi connectivity index (χ3v) is 2.68. The molecule has 0 unspecified atom stereocenters. The molecule has 0 bridgehead atoms. The zero-order valence-electron chi connectivity index (χ0n) is 10.2. The minimum absolute atomic E-state index is 0.444. The third-order valence-electron chi connectivity index (χ3n) is 2.68. The summed E-state index contributed by atoms with van der Waals surface area (Å²) in [6.45, 7) is 4.52. The molecule has 88 valence electrons. The Balaban J connectivity index is 3.03. The first-order valence-corrected chi connectivity index (χ1v) is 5.10. The summed E-state index contributed by atoms with van der Waals surface area (Å²) in [4.78, 5) is 12.4. The standard InChI is InChI=1S/C12H18N2O2/c1-8-5-10(7-14(3)12(13)15)11(16-4)6-9(8)2/h5-6H,7H2,1-4H3,(H2,13,15). The van der Waals surface area contributed by atoms with Crippen molar-refractivity contribution in [1.82, 2.24) is 4.90 Å². The van der Waals surface area contributed by atoms with E-state index in [9.17, 15) is 4.79 Å². The molecule has 2 amide bonds. The van der Waals surface area contributed by atoms with Crippen molar-refractivity contribution in [3.63, 3.8) is 0 Å². The Morgan fingerprint density at radius 2 is 1.94 bits per heavy atom. The van der Waals surface area contributed by atoms with Crippen LogP contribution in [0, 0.1) is 13.8 Å². The van der Waals surface area contributed by atoms with Gasteiger partial charge >= 0.3 is 6.03 Å². The molecule has 1 aromatic rings. The molecule has 0 heterocycles. The van der Waals surface area contributed by atoms with Gasteiger partial charge in [-0.15, -0.1) is 0 Å². The fourth-order valence-electron chi connectivity index (χ4n) is 1.50. The maximum absolute atomic E-state index is 11.0. The van der Waals surface area contributed by atoms with Crippen LogP contribution in [0.1, 0.15) is 16.7 Å². The van der Waals surface area contributed by atoms with Gasteiger partial charge in [-0.3, -0.25) is 0 Å². The third kappa shape index (κ3) is 2.66. The number of ether oxygens (including phenoxy) is 1. The van der Waals surface area contributed by atoms with Gasteiger partial charge in [-0.05, 0) is 31.0 Å². The van der Waals surface area contributed by atoms with E-state index < -0.39 is 6.03 Å². The maximum atomic E-state index is 11.0. The Kier molecular flexibility index (Phi) is 3.77. The Morgan fingerprint density at radius 1 is 1.38 bits per heavy atom. The minimum Gasteiger partial charge on any atom is -0.496 e. The summed E-state index contributed by atoms with van der Waals surface area (Å²) in [6.07, 6.45) is 0. The Bertz CT molecular complexity index is 402. The summed E-state index contributed by atoms with van der Waals surface area (Å²) >= 11 is 0. The van der Waals surface area contributed by atoms with Gasteiger partial charge < -0.3 is 15.4 Å². The van der Waals surface area contributed by atoms with Gasteiger partial charge in [0, 0.05) is 12.6 Å². The molecule has 0 radical (unpaired) electrons. The first-order chi connectivity index (χ1) is 7.45. The van der Waals surface area contributed by atoms with Gasteiger partial charge in [0.15, 0.2) is 0 Å². The molecule has 4 heteroatoms. The topological polar surface area (TPSA) is 55.6 Å². The molecule has 1 rings (SSSR count). The van der Waals surface area contributed by atoms with Crippen LogP contribution in [0.5, 0.6) is 5.75 Å². The van der Waals surface area contributed by atoms with Crippen LogP contribution in [-0.2, 0) is 6.54 Å². The number of nitrogens with two attached hydrogens (primary N) is 1. The lowest BCUT2D eigenvalue weighted by atomic mass is 10.0. The molecule has 0 spiro atoms. The quantitative estimate of drug-likeness (QED) is 0.848. The molecule has 1 aromatic carbocycles. The van der Waals surface area contributed by atoms with Gasteiger partial charge in [0.05, 0.1) is 13.7 Å². The van der Waals surface area contributed by atoms with Crippen LogP contribution >= 0.6 is 0 Å². The van der Waals surface area contributed by atoms with Gasteiger partial charge in [-0.2, -0.15) is 0 Å². The van der Waals surface area contributed by atoms with E-state index in [1.54, 1.807) is 14.2 Å². The number of methoxy groups -OCH3 is 1. The molecule has 2 N–H and O–H groups in total. The molecule has 0 saturated carbocycles. The summed E-state index contributed by atoms with van der Waals surface area (Å²) in [5.41, 5.74) is 8.50. The zero-order valence-corrected chi connectivity index (χ0v) is 10.2. The number of primary amides is 1. The van der Waals surface area contributed by atoms with E-state index in [2.05, 4.69) is 0 Å². The second kappa shape index (κ2) is 4.88. The second-order valence-electron chi connectivity index (χ2n) is 3.94. The fraction of sp³-hybridized carbons (Fsp3) is 0.417. The van der Waals surface area contributed by atoms with Crippen LogP contribution in [0.2, 0.25) is 0 Å². The Hall–Kier alpha value is -1.71. The molecule has 4 nitrogen and oxygen atoms in total. The van der Waals surface area contributed by atoms with Crippen LogP contribution in [0.15, 0.2) is 12.1 Å². The van der Waals surface area contributed by atoms with Crippen LogP contribution in [-0.4, -0.2) is 25.1 Å². The number of nitrogens with zero attached hydrogens (tertiary/aromatic N) is 1. The number of hydrogen-bond donors (Lipinski definition) is 1. The molecule has 0 saturated heterocycles. The van der Waals surface area contributed by atoms with Crippen molar-refractivity contribution in [2.75, 3.05) is 14.2 Å². The molecule has 0 aromatic heterocycles. The zero-order chi connectivity index (χ0) is 12.3. The average Bonchev–Trinajstić information content (AvgIpc) is 2.22. The van der Waals surface area contributed by atoms with E-state index in [0.717, 1.165) is 11.3 Å². The molecule has 0 atom stereocenters. The lowest BCUT2D eigenvalue weighted by Gasteiger charge is -2.17. The number of amides is 2. The van der Waals surface area contributed by atoms with E-state index >= 15 is 0 Å². The maximum Gasteiger partial charge on any atom is 0.314 e. The smallest absolute Gasteiger partial charge is 0.314 e. The number of carbonyl (C=O) groups is 1. The molecule has 0 aliphatic rings. The van der Waals surface area contributed by atoms with Crippen molar-refractivity contribution in [3.8, 4) is 5.75 Å². The number of aryl methyl sites for hydroxylation is 2. The highest BCUT2D eigenvalue weighted by Gasteiger charge is 2.10. The second-order valence-corrected chi connectivity index (χ2v) is 3.94. The molecular formula is C12H18N2O2. The van der Waals surface area contributed by atoms with Gasteiger partial charge in [0.25, 0.3) is 0 Å². The highest BCUT2D eigenvalue weighted by Crippen LogP contribution is 2.23. The number of hydrogen-bond acceptors (Lipinski definition) is 2. The van der Waals surface area contributed by atoms with E-state index in [1.165, 1.54) is 16.0 Å². The first kappa shape index (κ1) is 12.4. The van der Waals surface area contributed by atoms with Crippen LogP contribution < -0.4 is 10.5 Å². The highest BCUT2D eigenvalue weighted by atomic mass is 16.5.